The van der Waals surface area contributed by atoms with Crippen LogP contribution in [0.1, 0.15) is 6.92 Å². The SMILES string of the molecule is COc1ccc(OC)c(NC(=O)[C@H](C)N(c2ccc(Oc3ccccc3)cc2)S(C)(=O)=O)c1. The molecular formula is C24H26N2O6S. The van der Waals surface area contributed by atoms with Gasteiger partial charge in [-0.25, -0.2) is 8.42 Å². The second-order valence-electron chi connectivity index (χ2n) is 7.20. The van der Waals surface area contributed by atoms with E-state index in [9.17, 15) is 13.2 Å². The molecule has 0 unspecified atom stereocenters. The van der Waals surface area contributed by atoms with Crippen molar-refractivity contribution >= 4 is 27.3 Å². The smallest absolute Gasteiger partial charge is 0.248 e. The summed E-state index contributed by atoms with van der Waals surface area (Å²) in [4.78, 5) is 13.0. The minimum atomic E-state index is -3.78. The van der Waals surface area contributed by atoms with Crippen LogP contribution in [0.3, 0.4) is 0 Å². The highest BCUT2D eigenvalue weighted by Crippen LogP contribution is 2.30. The van der Waals surface area contributed by atoms with Crippen LogP contribution < -0.4 is 23.8 Å². The van der Waals surface area contributed by atoms with Gasteiger partial charge in [-0.2, -0.15) is 0 Å². The number of hydrogen-bond acceptors (Lipinski definition) is 6. The van der Waals surface area contributed by atoms with Gasteiger partial charge in [-0.05, 0) is 55.5 Å². The van der Waals surface area contributed by atoms with Gasteiger partial charge in [-0.15, -0.1) is 0 Å². The number of methoxy groups -OCH3 is 2. The van der Waals surface area contributed by atoms with Crippen LogP contribution in [0.5, 0.6) is 23.0 Å². The molecule has 9 heteroatoms. The van der Waals surface area contributed by atoms with E-state index >= 15 is 0 Å². The molecule has 0 aromatic heterocycles. The van der Waals surface area contributed by atoms with Crippen LogP contribution in [0.15, 0.2) is 72.8 Å². The molecule has 0 aliphatic heterocycles. The third kappa shape index (κ3) is 5.95. The fourth-order valence-corrected chi connectivity index (χ4v) is 4.42. The van der Waals surface area contributed by atoms with Crippen LogP contribution in [-0.2, 0) is 14.8 Å². The quantitative estimate of drug-likeness (QED) is 0.501. The predicted molar refractivity (Wildman–Crippen MR) is 128 cm³/mol. The summed E-state index contributed by atoms with van der Waals surface area (Å²) in [5, 5.41) is 2.73. The van der Waals surface area contributed by atoms with E-state index in [1.165, 1.54) is 21.1 Å². The largest absolute Gasteiger partial charge is 0.497 e. The van der Waals surface area contributed by atoms with Crippen molar-refractivity contribution in [2.24, 2.45) is 0 Å². The molecule has 0 fully saturated rings. The van der Waals surface area contributed by atoms with Gasteiger partial charge in [-0.3, -0.25) is 9.10 Å². The Morgan fingerprint density at radius 1 is 0.879 bits per heavy atom. The van der Waals surface area contributed by atoms with E-state index in [4.69, 9.17) is 14.2 Å². The van der Waals surface area contributed by atoms with Crippen molar-refractivity contribution in [3.8, 4) is 23.0 Å². The number of benzene rings is 3. The first-order valence-electron chi connectivity index (χ1n) is 10.1. The lowest BCUT2D eigenvalue weighted by Gasteiger charge is -2.28. The van der Waals surface area contributed by atoms with E-state index in [2.05, 4.69) is 5.32 Å². The summed E-state index contributed by atoms with van der Waals surface area (Å²) in [5.74, 6) is 1.61. The third-order valence-electron chi connectivity index (χ3n) is 4.82. The average Bonchev–Trinajstić information content (AvgIpc) is 2.80. The minimum absolute atomic E-state index is 0.332. The Labute approximate surface area is 193 Å². The highest BCUT2D eigenvalue weighted by molar-refractivity contribution is 7.92. The van der Waals surface area contributed by atoms with Gasteiger partial charge < -0.3 is 19.5 Å². The van der Waals surface area contributed by atoms with Crippen molar-refractivity contribution < 1.29 is 27.4 Å². The number of nitrogens with zero attached hydrogens (tertiary/aromatic N) is 1. The number of carbonyl (C=O) groups is 1. The Hall–Kier alpha value is -3.72. The van der Waals surface area contributed by atoms with E-state index in [1.807, 2.05) is 30.3 Å². The van der Waals surface area contributed by atoms with E-state index in [1.54, 1.807) is 42.5 Å². The molecule has 1 N–H and O–H groups in total. The molecule has 3 rings (SSSR count). The van der Waals surface area contributed by atoms with Crippen molar-refractivity contribution in [3.63, 3.8) is 0 Å². The summed E-state index contributed by atoms with van der Waals surface area (Å²) in [6.07, 6.45) is 1.05. The molecule has 0 heterocycles. The summed E-state index contributed by atoms with van der Waals surface area (Å²) in [7, 11) is -0.797. The van der Waals surface area contributed by atoms with Gasteiger partial charge in [0.1, 0.15) is 29.0 Å². The van der Waals surface area contributed by atoms with Crippen LogP contribution in [0.25, 0.3) is 0 Å². The zero-order chi connectivity index (χ0) is 24.0. The van der Waals surface area contributed by atoms with Gasteiger partial charge >= 0.3 is 0 Å². The lowest BCUT2D eigenvalue weighted by molar-refractivity contribution is -0.116. The lowest BCUT2D eigenvalue weighted by Crippen LogP contribution is -2.45. The summed E-state index contributed by atoms with van der Waals surface area (Å²) in [6, 6.07) is 19.6. The predicted octanol–water partition coefficient (Wildman–Crippen LogP) is 4.29. The number of sulfonamides is 1. The summed E-state index contributed by atoms with van der Waals surface area (Å²) >= 11 is 0. The van der Waals surface area contributed by atoms with Gasteiger partial charge in [0.15, 0.2) is 0 Å². The normalized spacial score (nSPS) is 11.9. The molecule has 3 aromatic rings. The zero-order valence-electron chi connectivity index (χ0n) is 18.8. The van der Waals surface area contributed by atoms with Crippen molar-refractivity contribution in [1.29, 1.82) is 0 Å². The van der Waals surface area contributed by atoms with Gasteiger partial charge in [0, 0.05) is 6.07 Å². The molecule has 0 aliphatic rings. The van der Waals surface area contributed by atoms with Gasteiger partial charge in [0.2, 0.25) is 15.9 Å². The third-order valence-corrected chi connectivity index (χ3v) is 6.06. The molecule has 0 bridgehead atoms. The first-order chi connectivity index (χ1) is 15.7. The molecule has 0 saturated carbocycles. The monoisotopic (exact) mass is 470 g/mol. The van der Waals surface area contributed by atoms with Crippen LogP contribution in [-0.4, -0.2) is 40.8 Å². The highest BCUT2D eigenvalue weighted by Gasteiger charge is 2.29. The Balaban J connectivity index is 1.83. The van der Waals surface area contributed by atoms with E-state index < -0.39 is 22.0 Å². The van der Waals surface area contributed by atoms with E-state index in [0.717, 1.165) is 10.6 Å². The number of amides is 1. The topological polar surface area (TPSA) is 94.2 Å². The van der Waals surface area contributed by atoms with Crippen LogP contribution in [0.4, 0.5) is 11.4 Å². The number of rotatable bonds is 9. The summed E-state index contributed by atoms with van der Waals surface area (Å²) in [6.45, 7) is 1.51. The van der Waals surface area contributed by atoms with Crippen LogP contribution in [0.2, 0.25) is 0 Å². The fraction of sp³-hybridized carbons (Fsp3) is 0.208. The second kappa shape index (κ2) is 10.3. The molecule has 1 atom stereocenters. The average molecular weight is 471 g/mol. The Morgan fingerprint density at radius 3 is 2.06 bits per heavy atom. The maximum atomic E-state index is 13.0. The summed E-state index contributed by atoms with van der Waals surface area (Å²) < 4.78 is 42.5. The van der Waals surface area contributed by atoms with Crippen molar-refractivity contribution in [2.75, 3.05) is 30.1 Å². The van der Waals surface area contributed by atoms with Crippen molar-refractivity contribution in [3.05, 3.63) is 72.8 Å². The molecule has 0 radical (unpaired) electrons. The van der Waals surface area contributed by atoms with Gasteiger partial charge in [0.05, 0.1) is 31.9 Å². The Morgan fingerprint density at radius 2 is 1.48 bits per heavy atom. The number of para-hydroxylation sites is 1. The number of ether oxygens (including phenoxy) is 3. The Bertz CT molecular complexity index is 1200. The first-order valence-corrected chi connectivity index (χ1v) is 11.9. The van der Waals surface area contributed by atoms with Gasteiger partial charge in [0.25, 0.3) is 0 Å². The highest BCUT2D eigenvalue weighted by atomic mass is 32.2. The van der Waals surface area contributed by atoms with Crippen LogP contribution >= 0.6 is 0 Å². The van der Waals surface area contributed by atoms with Crippen molar-refractivity contribution in [2.45, 2.75) is 13.0 Å². The van der Waals surface area contributed by atoms with E-state index in [-0.39, 0.29) is 0 Å². The lowest BCUT2D eigenvalue weighted by atomic mass is 10.2. The molecule has 0 spiro atoms. The molecule has 0 aliphatic carbocycles. The number of hydrogen-bond donors (Lipinski definition) is 1. The molecule has 0 saturated heterocycles. The van der Waals surface area contributed by atoms with Crippen LogP contribution in [0, 0.1) is 0 Å². The first kappa shape index (κ1) is 23.9. The number of carbonyl (C=O) groups excluding carboxylic acids is 1. The zero-order valence-corrected chi connectivity index (χ0v) is 19.6. The maximum Gasteiger partial charge on any atom is 0.248 e. The molecule has 33 heavy (non-hydrogen) atoms. The minimum Gasteiger partial charge on any atom is -0.497 e. The Kier molecular flexibility index (Phi) is 7.44. The molecule has 8 nitrogen and oxygen atoms in total. The number of nitrogens with one attached hydrogen (secondary N) is 1. The van der Waals surface area contributed by atoms with E-state index in [0.29, 0.717) is 34.4 Å². The van der Waals surface area contributed by atoms with Crippen molar-refractivity contribution in [1.82, 2.24) is 0 Å². The van der Waals surface area contributed by atoms with Gasteiger partial charge in [-0.1, -0.05) is 18.2 Å². The standard InChI is InChI=1S/C24H26N2O6S/c1-17(24(27)25-22-16-21(30-2)14-15-23(22)31-3)26(33(4,28)29)18-10-12-20(13-11-18)32-19-8-6-5-7-9-19/h5-17H,1-4H3,(H,25,27)/t17-/m0/s1. The number of anilines is 2. The maximum absolute atomic E-state index is 13.0. The molecule has 174 valence electrons. The second-order valence-corrected chi connectivity index (χ2v) is 9.06. The molecule has 3 aromatic carbocycles. The molecule has 1 amide bonds. The summed E-state index contributed by atoms with van der Waals surface area (Å²) in [5.41, 5.74) is 0.701. The fourth-order valence-electron chi connectivity index (χ4n) is 3.24. The molecular weight excluding hydrogens is 444 g/mol.